The number of nitro benzene ring substituents is 1. The quantitative estimate of drug-likeness (QED) is 0.628. The Hall–Kier alpha value is -1.63. The highest BCUT2D eigenvalue weighted by Gasteiger charge is 2.19. The minimum atomic E-state index is -0.498. The first-order chi connectivity index (χ1) is 9.08. The minimum absolute atomic E-state index is 0.0631. The predicted octanol–water partition coefficient (Wildman–Crippen LogP) is 2.36. The Morgan fingerprint density at radius 2 is 2.11 bits per heavy atom. The van der Waals surface area contributed by atoms with Crippen LogP contribution in [-0.2, 0) is 4.79 Å². The van der Waals surface area contributed by atoms with Crippen LogP contribution in [0.15, 0.2) is 22.7 Å². The summed E-state index contributed by atoms with van der Waals surface area (Å²) in [6.07, 6.45) is 2.04. The van der Waals surface area contributed by atoms with E-state index in [-0.39, 0.29) is 18.2 Å². The molecule has 19 heavy (non-hydrogen) atoms. The van der Waals surface area contributed by atoms with Gasteiger partial charge in [0.1, 0.15) is 5.75 Å². The first kappa shape index (κ1) is 13.8. The van der Waals surface area contributed by atoms with Gasteiger partial charge in [-0.3, -0.25) is 14.9 Å². The molecule has 0 atom stereocenters. The van der Waals surface area contributed by atoms with Crippen LogP contribution in [0.25, 0.3) is 0 Å². The molecule has 1 amide bonds. The van der Waals surface area contributed by atoms with E-state index in [1.54, 1.807) is 4.90 Å². The second-order valence-electron chi connectivity index (χ2n) is 4.25. The average Bonchev–Trinajstić information content (AvgIpc) is 2.91. The molecule has 0 spiro atoms. The van der Waals surface area contributed by atoms with Crippen molar-refractivity contribution in [3.8, 4) is 5.75 Å². The van der Waals surface area contributed by atoms with E-state index in [2.05, 4.69) is 15.9 Å². The standard InChI is InChI=1S/C12H13BrN2O4/c13-10-4-3-9(15(17)18)7-11(10)19-8-12(16)14-5-1-2-6-14/h3-4,7H,1-2,5-6,8H2. The summed E-state index contributed by atoms with van der Waals surface area (Å²) in [4.78, 5) is 23.7. The highest BCUT2D eigenvalue weighted by Crippen LogP contribution is 2.29. The van der Waals surface area contributed by atoms with Gasteiger partial charge in [0.2, 0.25) is 0 Å². The van der Waals surface area contributed by atoms with Gasteiger partial charge >= 0.3 is 0 Å². The van der Waals surface area contributed by atoms with Gasteiger partial charge in [0.25, 0.3) is 11.6 Å². The fourth-order valence-electron chi connectivity index (χ4n) is 1.91. The number of hydrogen-bond donors (Lipinski definition) is 0. The molecule has 1 aromatic carbocycles. The van der Waals surface area contributed by atoms with Gasteiger partial charge in [-0.05, 0) is 34.8 Å². The van der Waals surface area contributed by atoms with Crippen molar-refractivity contribution in [3.63, 3.8) is 0 Å². The molecule has 0 saturated carbocycles. The van der Waals surface area contributed by atoms with Crippen molar-refractivity contribution >= 4 is 27.5 Å². The maximum Gasteiger partial charge on any atom is 0.273 e. The number of halogens is 1. The van der Waals surface area contributed by atoms with Crippen molar-refractivity contribution in [3.05, 3.63) is 32.8 Å². The molecule has 7 heteroatoms. The first-order valence-corrected chi connectivity index (χ1v) is 6.72. The molecule has 0 aliphatic carbocycles. The van der Waals surface area contributed by atoms with Crippen molar-refractivity contribution in [1.29, 1.82) is 0 Å². The molecule has 1 saturated heterocycles. The molecule has 1 aliphatic heterocycles. The third kappa shape index (κ3) is 3.44. The number of hydrogen-bond acceptors (Lipinski definition) is 4. The third-order valence-electron chi connectivity index (χ3n) is 2.94. The Labute approximate surface area is 118 Å². The second-order valence-corrected chi connectivity index (χ2v) is 5.10. The molecule has 0 radical (unpaired) electrons. The summed E-state index contributed by atoms with van der Waals surface area (Å²) in [7, 11) is 0. The van der Waals surface area contributed by atoms with Gasteiger partial charge in [0.05, 0.1) is 15.5 Å². The van der Waals surface area contributed by atoms with Gasteiger partial charge in [-0.15, -0.1) is 0 Å². The van der Waals surface area contributed by atoms with E-state index in [1.807, 2.05) is 0 Å². The number of carbonyl (C=O) groups excluding carboxylic acids is 1. The summed E-state index contributed by atoms with van der Waals surface area (Å²) < 4.78 is 5.95. The molecule has 0 bridgehead atoms. The average molecular weight is 329 g/mol. The summed E-state index contributed by atoms with van der Waals surface area (Å²) in [5.74, 6) is 0.220. The first-order valence-electron chi connectivity index (χ1n) is 5.92. The number of benzene rings is 1. The largest absolute Gasteiger partial charge is 0.482 e. The van der Waals surface area contributed by atoms with Crippen molar-refractivity contribution in [2.75, 3.05) is 19.7 Å². The van der Waals surface area contributed by atoms with E-state index in [0.29, 0.717) is 10.2 Å². The van der Waals surface area contributed by atoms with E-state index in [1.165, 1.54) is 18.2 Å². The number of likely N-dealkylation sites (tertiary alicyclic amines) is 1. The van der Waals surface area contributed by atoms with Crippen molar-refractivity contribution in [1.82, 2.24) is 4.90 Å². The molecular formula is C12H13BrN2O4. The molecular weight excluding hydrogens is 316 g/mol. The van der Waals surface area contributed by atoms with Crippen LogP contribution >= 0.6 is 15.9 Å². The van der Waals surface area contributed by atoms with Crippen LogP contribution in [0.4, 0.5) is 5.69 Å². The lowest BCUT2D eigenvalue weighted by Crippen LogP contribution is -2.32. The number of amides is 1. The van der Waals surface area contributed by atoms with Gasteiger partial charge in [-0.25, -0.2) is 0 Å². The highest BCUT2D eigenvalue weighted by molar-refractivity contribution is 9.10. The Kier molecular flexibility index (Phi) is 4.36. The van der Waals surface area contributed by atoms with E-state index < -0.39 is 4.92 Å². The molecule has 6 nitrogen and oxygen atoms in total. The number of carbonyl (C=O) groups is 1. The second kappa shape index (κ2) is 6.01. The van der Waals surface area contributed by atoms with Gasteiger partial charge in [-0.2, -0.15) is 0 Å². The van der Waals surface area contributed by atoms with E-state index in [0.717, 1.165) is 25.9 Å². The molecule has 1 fully saturated rings. The molecule has 0 aromatic heterocycles. The minimum Gasteiger partial charge on any atom is -0.482 e. The predicted molar refractivity (Wildman–Crippen MR) is 72.1 cm³/mol. The van der Waals surface area contributed by atoms with Gasteiger partial charge in [0, 0.05) is 19.2 Å². The van der Waals surface area contributed by atoms with Crippen molar-refractivity contribution < 1.29 is 14.5 Å². The summed E-state index contributed by atoms with van der Waals surface area (Å²) in [6, 6.07) is 4.22. The Morgan fingerprint density at radius 1 is 1.42 bits per heavy atom. The molecule has 1 aliphatic rings. The van der Waals surface area contributed by atoms with Crippen LogP contribution < -0.4 is 4.74 Å². The zero-order valence-corrected chi connectivity index (χ0v) is 11.8. The van der Waals surface area contributed by atoms with Gasteiger partial charge in [-0.1, -0.05) is 0 Å². The Bertz CT molecular complexity index is 501. The summed E-state index contributed by atoms with van der Waals surface area (Å²) in [5, 5.41) is 10.7. The number of rotatable bonds is 4. The Morgan fingerprint density at radius 3 is 2.74 bits per heavy atom. The van der Waals surface area contributed by atoms with Crippen LogP contribution in [-0.4, -0.2) is 35.4 Å². The molecule has 1 heterocycles. The van der Waals surface area contributed by atoms with Crippen molar-refractivity contribution in [2.24, 2.45) is 0 Å². The van der Waals surface area contributed by atoms with Gasteiger partial charge in [0.15, 0.2) is 6.61 Å². The van der Waals surface area contributed by atoms with E-state index >= 15 is 0 Å². The van der Waals surface area contributed by atoms with Crippen LogP contribution in [0, 0.1) is 10.1 Å². The third-order valence-corrected chi connectivity index (χ3v) is 3.59. The van der Waals surface area contributed by atoms with Crippen LogP contribution in [0.2, 0.25) is 0 Å². The zero-order valence-electron chi connectivity index (χ0n) is 10.2. The Balaban J connectivity index is 2.00. The fourth-order valence-corrected chi connectivity index (χ4v) is 2.27. The summed E-state index contributed by atoms with van der Waals surface area (Å²) in [6.45, 7) is 1.43. The lowest BCUT2D eigenvalue weighted by atomic mass is 10.3. The number of non-ortho nitro benzene ring substituents is 1. The lowest BCUT2D eigenvalue weighted by Gasteiger charge is -2.15. The van der Waals surface area contributed by atoms with Crippen LogP contribution in [0.1, 0.15) is 12.8 Å². The van der Waals surface area contributed by atoms with E-state index in [4.69, 9.17) is 4.74 Å². The van der Waals surface area contributed by atoms with Crippen LogP contribution in [0.3, 0.4) is 0 Å². The molecule has 102 valence electrons. The highest BCUT2D eigenvalue weighted by atomic mass is 79.9. The number of ether oxygens (including phenoxy) is 1. The number of nitro groups is 1. The van der Waals surface area contributed by atoms with E-state index in [9.17, 15) is 14.9 Å². The maximum absolute atomic E-state index is 11.8. The summed E-state index contributed by atoms with van der Waals surface area (Å²) in [5.41, 5.74) is -0.0631. The number of nitrogens with zero attached hydrogens (tertiary/aromatic N) is 2. The molecule has 0 N–H and O–H groups in total. The normalized spacial score (nSPS) is 14.5. The lowest BCUT2D eigenvalue weighted by molar-refractivity contribution is -0.385. The molecule has 0 unspecified atom stereocenters. The molecule has 2 rings (SSSR count). The monoisotopic (exact) mass is 328 g/mol. The van der Waals surface area contributed by atoms with Gasteiger partial charge < -0.3 is 9.64 Å². The smallest absolute Gasteiger partial charge is 0.273 e. The van der Waals surface area contributed by atoms with Crippen molar-refractivity contribution in [2.45, 2.75) is 12.8 Å². The topological polar surface area (TPSA) is 72.7 Å². The van der Waals surface area contributed by atoms with Crippen LogP contribution in [0.5, 0.6) is 5.75 Å². The SMILES string of the molecule is O=C(COc1cc([N+](=O)[O-])ccc1Br)N1CCCC1. The summed E-state index contributed by atoms with van der Waals surface area (Å²) >= 11 is 3.24. The fraction of sp³-hybridized carbons (Fsp3) is 0.417. The zero-order chi connectivity index (χ0) is 13.8. The molecule has 1 aromatic rings. The maximum atomic E-state index is 11.8.